The first-order valence-corrected chi connectivity index (χ1v) is 21.9. The summed E-state index contributed by atoms with van der Waals surface area (Å²) in [6.45, 7) is 12.1. The second-order valence-corrected chi connectivity index (χ2v) is 18.4. The van der Waals surface area contributed by atoms with E-state index in [4.69, 9.17) is 24.8 Å². The van der Waals surface area contributed by atoms with E-state index in [-0.39, 0.29) is 44.5 Å². The second-order valence-electron chi connectivity index (χ2n) is 18.4. The molecule has 0 aliphatic heterocycles. The van der Waals surface area contributed by atoms with Crippen LogP contribution in [0.4, 0.5) is 0 Å². The molecule has 5 heteroatoms. The molecule has 8 aromatic carbocycles. The van der Waals surface area contributed by atoms with Gasteiger partial charge in [0.1, 0.15) is 17.3 Å². The van der Waals surface area contributed by atoms with Gasteiger partial charge in [0.05, 0.1) is 54.0 Å². The molecule has 0 N–H and O–H groups in total. The van der Waals surface area contributed by atoms with Crippen LogP contribution in [-0.4, -0.2) is 14.1 Å². The van der Waals surface area contributed by atoms with Crippen molar-refractivity contribution in [1.82, 2.24) is 14.1 Å². The SMILES string of the molecule is [2H]c1c([2H])c([2H])c(-c2ccc3c(c2)n(-c2cccc(Oc4ccc5c6ccccc6n(-c6cc(C(C)(C)C)ccn6)c5c4)c2)[c-][n+]3-c2c(-c3c([2H])c([2H])c([2H])c([2H])c3[2H])cc(C(C)(C)C)cc2-c2c([2H])c([2H])c([2H])c([2H])c2[2H])c([2H])c1[2H]. The van der Waals surface area contributed by atoms with Gasteiger partial charge in [0.25, 0.3) is 6.33 Å². The van der Waals surface area contributed by atoms with E-state index in [1.54, 1.807) is 59.2 Å². The summed E-state index contributed by atoms with van der Waals surface area (Å²) in [6.07, 6.45) is 5.25. The van der Waals surface area contributed by atoms with E-state index in [0.29, 0.717) is 33.8 Å². The number of hydrogen-bond donors (Lipinski definition) is 0. The minimum absolute atomic E-state index is 0.0305. The highest BCUT2D eigenvalue weighted by molar-refractivity contribution is 6.09. The minimum Gasteiger partial charge on any atom is -0.458 e. The number of aromatic nitrogens is 4. The molecule has 0 saturated carbocycles. The van der Waals surface area contributed by atoms with Gasteiger partial charge in [0.15, 0.2) is 0 Å². The van der Waals surface area contributed by atoms with Gasteiger partial charge < -0.3 is 4.74 Å². The van der Waals surface area contributed by atoms with Crippen molar-refractivity contribution in [3.05, 3.63) is 223 Å². The van der Waals surface area contributed by atoms with Gasteiger partial charge in [0.2, 0.25) is 0 Å². The normalized spacial score (nSPS) is 15.2. The Labute approximate surface area is 413 Å². The number of rotatable bonds is 8. The van der Waals surface area contributed by atoms with Gasteiger partial charge in [-0.05, 0) is 110 Å². The zero-order valence-corrected chi connectivity index (χ0v) is 37.7. The Morgan fingerprint density at radius 3 is 1.82 bits per heavy atom. The van der Waals surface area contributed by atoms with E-state index in [1.807, 2.05) is 63.4 Å². The first kappa shape index (κ1) is 28.1. The average molecular weight is 884 g/mol. The van der Waals surface area contributed by atoms with Crippen molar-refractivity contribution < 1.29 is 29.9 Å². The second kappa shape index (κ2) is 16.4. The van der Waals surface area contributed by atoms with Crippen LogP contribution in [0.25, 0.3) is 83.4 Å². The molecule has 0 aliphatic rings. The third kappa shape index (κ3) is 7.76. The number of fused-ring (bicyclic) bond motifs is 4. The third-order valence-electron chi connectivity index (χ3n) is 12.0. The van der Waals surface area contributed by atoms with Crippen molar-refractivity contribution in [2.24, 2.45) is 0 Å². The number of hydrogen-bond acceptors (Lipinski definition) is 2. The molecule has 0 amide bonds. The fraction of sp³-hybridized carbons (Fsp3) is 0.129. The van der Waals surface area contributed by atoms with Crippen molar-refractivity contribution in [2.45, 2.75) is 52.4 Å². The summed E-state index contributed by atoms with van der Waals surface area (Å²) in [7, 11) is 0. The predicted molar refractivity (Wildman–Crippen MR) is 276 cm³/mol. The van der Waals surface area contributed by atoms with E-state index >= 15 is 0 Å². The van der Waals surface area contributed by atoms with Crippen LogP contribution < -0.4 is 9.30 Å². The zero-order chi connectivity index (χ0) is 58.9. The molecule has 326 valence electrons. The Morgan fingerprint density at radius 1 is 0.522 bits per heavy atom. The zero-order valence-electron chi connectivity index (χ0n) is 52.7. The lowest BCUT2D eigenvalue weighted by atomic mass is 9.82. The predicted octanol–water partition coefficient (Wildman–Crippen LogP) is 15.6. The standard InChI is InChI=1S/C62H52N4O/c1-61(2,3)46-33-34-63-59(38-46)66-55-28-17-16-27-51(55)52-31-30-50(40-57(52)66)67-49-26-18-25-48(39-49)64-41-65(56-32-29-45(35-58(56)64)42-19-10-7-11-20-42)60-53(43-21-12-8-13-22-43)36-47(62(4,5)6)37-54(60)44-23-14-9-15-24-44/h7-40H,1-6H3/i7D,8D,9D,10D,11D,12D,13D,14D,15D,19D,20D,21D,22D,23D,24D. The highest BCUT2D eigenvalue weighted by Gasteiger charge is 2.25. The van der Waals surface area contributed by atoms with Crippen molar-refractivity contribution in [2.75, 3.05) is 0 Å². The van der Waals surface area contributed by atoms with Crippen molar-refractivity contribution in [1.29, 1.82) is 0 Å². The summed E-state index contributed by atoms with van der Waals surface area (Å²) in [4.78, 5) is 4.83. The number of para-hydroxylation sites is 1. The first-order valence-electron chi connectivity index (χ1n) is 29.4. The minimum atomic E-state index is -0.736. The summed E-state index contributed by atoms with van der Waals surface area (Å²) in [5, 5.41) is 2.01. The highest BCUT2D eigenvalue weighted by Crippen LogP contribution is 2.40. The van der Waals surface area contributed by atoms with Crippen LogP contribution >= 0.6 is 0 Å². The largest absolute Gasteiger partial charge is 0.458 e. The Balaban J connectivity index is 1.20. The number of ether oxygens (including phenoxy) is 1. The van der Waals surface area contributed by atoms with Crippen LogP contribution in [0.15, 0.2) is 206 Å². The number of nitrogens with zero attached hydrogens (tertiary/aromatic N) is 4. The quantitative estimate of drug-likeness (QED) is 0.113. The smallest absolute Gasteiger partial charge is 0.269 e. The molecule has 0 bridgehead atoms. The number of benzene rings is 8. The fourth-order valence-electron chi connectivity index (χ4n) is 8.57. The molecule has 0 radical (unpaired) electrons. The number of imidazole rings is 1. The molecule has 0 saturated heterocycles. The molecule has 0 spiro atoms. The molecule has 0 atom stereocenters. The van der Waals surface area contributed by atoms with Gasteiger partial charge >= 0.3 is 0 Å². The van der Waals surface area contributed by atoms with Crippen LogP contribution in [0.2, 0.25) is 0 Å². The van der Waals surface area contributed by atoms with Crippen LogP contribution in [0.3, 0.4) is 0 Å². The van der Waals surface area contributed by atoms with E-state index in [0.717, 1.165) is 33.2 Å². The van der Waals surface area contributed by atoms with Crippen LogP contribution in [-0.2, 0) is 10.8 Å². The van der Waals surface area contributed by atoms with Crippen molar-refractivity contribution in [3.63, 3.8) is 0 Å². The maximum absolute atomic E-state index is 9.35. The van der Waals surface area contributed by atoms with Gasteiger partial charge in [-0.1, -0.05) is 181 Å². The van der Waals surface area contributed by atoms with Gasteiger partial charge in [0, 0.05) is 23.0 Å². The van der Waals surface area contributed by atoms with Crippen LogP contribution in [0.1, 0.15) is 73.2 Å². The lowest BCUT2D eigenvalue weighted by Gasteiger charge is -2.25. The Morgan fingerprint density at radius 2 is 1.15 bits per heavy atom. The van der Waals surface area contributed by atoms with Crippen LogP contribution in [0.5, 0.6) is 11.5 Å². The molecule has 0 aliphatic carbocycles. The maximum Gasteiger partial charge on any atom is 0.269 e. The summed E-state index contributed by atoms with van der Waals surface area (Å²) in [5.74, 6) is 1.61. The van der Waals surface area contributed by atoms with Gasteiger partial charge in [-0.3, -0.25) is 13.7 Å². The molecule has 11 aromatic rings. The third-order valence-corrected chi connectivity index (χ3v) is 12.0. The fourth-order valence-corrected chi connectivity index (χ4v) is 8.57. The monoisotopic (exact) mass is 884 g/mol. The molecule has 0 fully saturated rings. The summed E-state index contributed by atoms with van der Waals surface area (Å²) in [5.41, 5.74) is 3.41. The lowest BCUT2D eigenvalue weighted by molar-refractivity contribution is -0.571. The summed E-state index contributed by atoms with van der Waals surface area (Å²) < 4.78 is 145. The summed E-state index contributed by atoms with van der Waals surface area (Å²) >= 11 is 0. The average Bonchev–Trinajstić information content (AvgIpc) is 3.88. The van der Waals surface area contributed by atoms with Gasteiger partial charge in [-0.25, -0.2) is 4.98 Å². The van der Waals surface area contributed by atoms with E-state index in [2.05, 4.69) is 49.9 Å². The molecule has 5 nitrogen and oxygen atoms in total. The maximum atomic E-state index is 9.35. The van der Waals surface area contributed by atoms with Crippen LogP contribution in [0, 0.1) is 6.33 Å². The Hall–Kier alpha value is -8.02. The molecule has 11 rings (SSSR count). The molecule has 3 heterocycles. The van der Waals surface area contributed by atoms with Gasteiger partial charge in [-0.15, -0.1) is 0 Å². The molecule has 3 aromatic heterocycles. The first-order chi connectivity index (χ1) is 38.7. The van der Waals surface area contributed by atoms with Crippen molar-refractivity contribution >= 4 is 32.8 Å². The van der Waals surface area contributed by atoms with E-state index < -0.39 is 96.1 Å². The molecule has 67 heavy (non-hydrogen) atoms. The van der Waals surface area contributed by atoms with Crippen molar-refractivity contribution in [3.8, 4) is 62.1 Å². The highest BCUT2D eigenvalue weighted by atomic mass is 16.5. The molecular formula is C62H52N4O. The summed E-state index contributed by atoms with van der Waals surface area (Å²) in [6, 6.07) is 24.7. The Bertz CT molecular complexity index is 4360. The van der Waals surface area contributed by atoms with Gasteiger partial charge in [-0.2, -0.15) is 0 Å². The Kier molecular flexibility index (Phi) is 6.90. The van der Waals surface area contributed by atoms with E-state index in [1.165, 1.54) is 4.57 Å². The van der Waals surface area contributed by atoms with E-state index in [9.17, 15) is 5.48 Å². The number of pyridine rings is 1. The molecule has 0 unspecified atom stereocenters. The lowest BCUT2D eigenvalue weighted by Crippen LogP contribution is -2.32. The molecular weight excluding hydrogens is 817 g/mol. The topological polar surface area (TPSA) is 35.9 Å².